The highest BCUT2D eigenvalue weighted by molar-refractivity contribution is 7.98. The van der Waals surface area contributed by atoms with Crippen molar-refractivity contribution in [3.05, 3.63) is 87.9 Å². The largest absolute Gasteiger partial charge is 0.291 e. The van der Waals surface area contributed by atoms with Crippen LogP contribution in [0.1, 0.15) is 5.69 Å². The summed E-state index contributed by atoms with van der Waals surface area (Å²) in [6.45, 7) is 0. The van der Waals surface area contributed by atoms with Crippen LogP contribution in [0.15, 0.2) is 76.8 Å². The second-order valence-corrected chi connectivity index (χ2v) is 7.43. The van der Waals surface area contributed by atoms with Crippen LogP contribution < -0.4 is 5.56 Å². The van der Waals surface area contributed by atoms with Crippen molar-refractivity contribution < 1.29 is 0 Å². The molecule has 0 aliphatic rings. The molecular formula is C20H16ClN5OS. The van der Waals surface area contributed by atoms with E-state index in [0.29, 0.717) is 21.6 Å². The molecule has 28 heavy (non-hydrogen) atoms. The third kappa shape index (κ3) is 3.85. The van der Waals surface area contributed by atoms with Gasteiger partial charge in [0.2, 0.25) is 0 Å². The summed E-state index contributed by atoms with van der Waals surface area (Å²) in [6.07, 6.45) is 1.83. The van der Waals surface area contributed by atoms with Gasteiger partial charge >= 0.3 is 0 Å². The van der Waals surface area contributed by atoms with Crippen LogP contribution in [0.4, 0.5) is 0 Å². The summed E-state index contributed by atoms with van der Waals surface area (Å²) in [5.41, 5.74) is 3.00. The van der Waals surface area contributed by atoms with E-state index in [4.69, 9.17) is 11.6 Å². The number of thioether (sulfide) groups is 1. The lowest BCUT2D eigenvalue weighted by molar-refractivity contribution is 0.711. The Bertz CT molecular complexity index is 1170. The van der Waals surface area contributed by atoms with Crippen LogP contribution in [0.5, 0.6) is 0 Å². The normalized spacial score (nSPS) is 10.9. The maximum Gasteiger partial charge on any atom is 0.254 e. The highest BCUT2D eigenvalue weighted by Gasteiger charge is 2.11. The molecular weight excluding hydrogens is 394 g/mol. The van der Waals surface area contributed by atoms with Gasteiger partial charge in [0.05, 0.1) is 28.3 Å². The summed E-state index contributed by atoms with van der Waals surface area (Å²) in [4.78, 5) is 17.0. The van der Waals surface area contributed by atoms with Crippen molar-refractivity contribution in [3.63, 3.8) is 0 Å². The molecule has 6 nitrogen and oxygen atoms in total. The number of nitrogens with zero attached hydrogens (tertiary/aromatic N) is 5. The lowest BCUT2D eigenvalue weighted by Gasteiger charge is -2.08. The van der Waals surface area contributed by atoms with E-state index >= 15 is 0 Å². The Hall–Kier alpha value is -2.90. The monoisotopic (exact) mass is 409 g/mol. The molecule has 0 saturated carbocycles. The maximum atomic E-state index is 12.3. The van der Waals surface area contributed by atoms with Crippen LogP contribution >= 0.6 is 23.4 Å². The Kier molecular flexibility index (Phi) is 5.27. The SMILES string of the molecule is Cn1c(SCc2cn(-c3ccccc3Cl)nn2)nc(-c2ccccc2)cc1=O. The summed E-state index contributed by atoms with van der Waals surface area (Å²) in [5, 5.41) is 9.57. The Labute approximate surface area is 170 Å². The van der Waals surface area contributed by atoms with Gasteiger partial charge in [0, 0.05) is 24.4 Å². The minimum atomic E-state index is -0.101. The van der Waals surface area contributed by atoms with E-state index in [-0.39, 0.29) is 5.56 Å². The first kappa shape index (κ1) is 18.5. The van der Waals surface area contributed by atoms with E-state index < -0.39 is 0 Å². The van der Waals surface area contributed by atoms with Gasteiger partial charge in [-0.1, -0.05) is 71.0 Å². The molecule has 4 rings (SSSR count). The zero-order valence-corrected chi connectivity index (χ0v) is 16.6. The van der Waals surface area contributed by atoms with Crippen LogP contribution in [0.25, 0.3) is 16.9 Å². The third-order valence-electron chi connectivity index (χ3n) is 4.15. The fraction of sp³-hybridized carbons (Fsp3) is 0.100. The topological polar surface area (TPSA) is 65.6 Å². The van der Waals surface area contributed by atoms with Gasteiger partial charge in [-0.25, -0.2) is 9.67 Å². The summed E-state index contributed by atoms with van der Waals surface area (Å²) >= 11 is 7.65. The highest BCUT2D eigenvalue weighted by Crippen LogP contribution is 2.23. The minimum Gasteiger partial charge on any atom is -0.291 e. The summed E-state index contributed by atoms with van der Waals surface area (Å²) < 4.78 is 3.18. The first-order valence-electron chi connectivity index (χ1n) is 8.54. The number of hydrogen-bond acceptors (Lipinski definition) is 5. The quantitative estimate of drug-likeness (QED) is 0.368. The molecule has 2 heterocycles. The molecule has 0 aliphatic heterocycles. The molecule has 0 saturated heterocycles. The average molecular weight is 410 g/mol. The third-order valence-corrected chi connectivity index (χ3v) is 5.54. The second kappa shape index (κ2) is 8.00. The second-order valence-electron chi connectivity index (χ2n) is 6.08. The van der Waals surface area contributed by atoms with Crippen molar-refractivity contribution >= 4 is 23.4 Å². The zero-order valence-electron chi connectivity index (χ0n) is 15.0. The van der Waals surface area contributed by atoms with Crippen LogP contribution in [0, 0.1) is 0 Å². The highest BCUT2D eigenvalue weighted by atomic mass is 35.5. The van der Waals surface area contributed by atoms with Crippen molar-refractivity contribution in [2.45, 2.75) is 10.9 Å². The van der Waals surface area contributed by atoms with Crippen LogP contribution in [0.2, 0.25) is 5.02 Å². The molecule has 0 atom stereocenters. The van der Waals surface area contributed by atoms with Gasteiger partial charge in [-0.3, -0.25) is 9.36 Å². The van der Waals surface area contributed by atoms with Gasteiger partial charge in [0.25, 0.3) is 5.56 Å². The fourth-order valence-corrected chi connectivity index (χ4v) is 3.74. The molecule has 0 radical (unpaired) electrons. The smallest absolute Gasteiger partial charge is 0.254 e. The number of rotatable bonds is 5. The Balaban J connectivity index is 1.57. The number of hydrogen-bond donors (Lipinski definition) is 0. The molecule has 0 N–H and O–H groups in total. The molecule has 0 fully saturated rings. The van der Waals surface area contributed by atoms with Crippen LogP contribution in [-0.4, -0.2) is 24.5 Å². The molecule has 2 aromatic heterocycles. The Morgan fingerprint density at radius 2 is 1.82 bits per heavy atom. The number of para-hydroxylation sites is 1. The molecule has 0 spiro atoms. The molecule has 8 heteroatoms. The predicted molar refractivity (Wildman–Crippen MR) is 111 cm³/mol. The number of benzene rings is 2. The zero-order chi connectivity index (χ0) is 19.5. The first-order valence-corrected chi connectivity index (χ1v) is 9.90. The average Bonchev–Trinajstić information content (AvgIpc) is 3.19. The maximum absolute atomic E-state index is 12.3. The van der Waals surface area contributed by atoms with Crippen molar-refractivity contribution in [2.75, 3.05) is 0 Å². The Morgan fingerprint density at radius 1 is 1.07 bits per heavy atom. The minimum absolute atomic E-state index is 0.101. The van der Waals surface area contributed by atoms with Crippen molar-refractivity contribution in [3.8, 4) is 16.9 Å². The summed E-state index contributed by atoms with van der Waals surface area (Å²) in [7, 11) is 1.72. The van der Waals surface area contributed by atoms with Gasteiger partial charge in [-0.2, -0.15) is 0 Å². The number of aromatic nitrogens is 5. The first-order chi connectivity index (χ1) is 13.6. The van der Waals surface area contributed by atoms with Gasteiger partial charge in [0.15, 0.2) is 5.16 Å². The van der Waals surface area contributed by atoms with Gasteiger partial charge in [0.1, 0.15) is 0 Å². The van der Waals surface area contributed by atoms with Gasteiger partial charge < -0.3 is 0 Å². The summed E-state index contributed by atoms with van der Waals surface area (Å²) in [5.74, 6) is 0.531. The van der Waals surface area contributed by atoms with Crippen LogP contribution in [-0.2, 0) is 12.8 Å². The van der Waals surface area contributed by atoms with E-state index in [1.165, 1.54) is 16.3 Å². The molecule has 0 amide bonds. The van der Waals surface area contributed by atoms with Crippen LogP contribution in [0.3, 0.4) is 0 Å². The lowest BCUT2D eigenvalue weighted by Crippen LogP contribution is -2.19. The van der Waals surface area contributed by atoms with Crippen molar-refractivity contribution in [1.82, 2.24) is 24.5 Å². The molecule has 0 unspecified atom stereocenters. The summed E-state index contributed by atoms with van der Waals surface area (Å²) in [6, 6.07) is 18.6. The van der Waals surface area contributed by atoms with Gasteiger partial charge in [-0.05, 0) is 12.1 Å². The van der Waals surface area contributed by atoms with E-state index in [1.54, 1.807) is 17.8 Å². The van der Waals surface area contributed by atoms with Crippen molar-refractivity contribution in [2.24, 2.45) is 7.05 Å². The van der Waals surface area contributed by atoms with E-state index in [1.807, 2.05) is 60.8 Å². The Morgan fingerprint density at radius 3 is 2.61 bits per heavy atom. The molecule has 0 aliphatic carbocycles. The fourth-order valence-electron chi connectivity index (χ4n) is 2.66. The van der Waals surface area contributed by atoms with E-state index in [2.05, 4.69) is 15.3 Å². The standard InChI is InChI=1S/C20H16ClN5OS/c1-25-19(27)11-17(14-7-3-2-4-8-14)22-20(25)28-13-15-12-26(24-23-15)18-10-6-5-9-16(18)21/h2-12H,13H2,1H3. The van der Waals surface area contributed by atoms with E-state index in [9.17, 15) is 4.79 Å². The molecule has 140 valence electrons. The molecule has 0 bridgehead atoms. The number of halogens is 1. The lowest BCUT2D eigenvalue weighted by atomic mass is 10.1. The van der Waals surface area contributed by atoms with Crippen molar-refractivity contribution in [1.29, 1.82) is 0 Å². The van der Waals surface area contributed by atoms with Gasteiger partial charge in [-0.15, -0.1) is 5.10 Å². The molecule has 4 aromatic rings. The predicted octanol–water partition coefficient (Wildman–Crippen LogP) is 3.97. The van der Waals surface area contributed by atoms with E-state index in [0.717, 1.165) is 16.9 Å². The molecule has 2 aromatic carbocycles.